The molecule has 0 aliphatic heterocycles. The van der Waals surface area contributed by atoms with Crippen LogP contribution in [-0.2, 0) is 0 Å². The maximum atomic E-state index is 6.06. The number of fused-ring (bicyclic) bond motifs is 1. The summed E-state index contributed by atoms with van der Waals surface area (Å²) in [4.78, 5) is 17.3. The molecule has 0 amide bonds. The summed E-state index contributed by atoms with van der Waals surface area (Å²) in [6.45, 7) is 0. The number of hydrogen-bond donors (Lipinski definition) is 0. The van der Waals surface area contributed by atoms with E-state index in [9.17, 15) is 0 Å². The number of rotatable bonds is 1. The molecule has 0 N–H and O–H groups in total. The first-order chi connectivity index (χ1) is 7.86. The van der Waals surface area contributed by atoms with Crippen LogP contribution in [0, 0.1) is 0 Å². The summed E-state index contributed by atoms with van der Waals surface area (Å²) in [6, 6.07) is 0. The van der Waals surface area contributed by atoms with E-state index in [0.717, 1.165) is 21.5 Å². The second kappa shape index (κ2) is 3.77. The Morgan fingerprint density at radius 3 is 2.88 bits per heavy atom. The van der Waals surface area contributed by atoms with Gasteiger partial charge in [0.15, 0.2) is 0 Å². The maximum Gasteiger partial charge on any atom is 0.141 e. The zero-order chi connectivity index (χ0) is 11.0. The lowest BCUT2D eigenvalue weighted by Gasteiger charge is -1.98. The van der Waals surface area contributed by atoms with E-state index in [1.54, 1.807) is 18.6 Å². The average molecular weight is 249 g/mol. The van der Waals surface area contributed by atoms with Crippen molar-refractivity contribution in [3.8, 4) is 11.3 Å². The summed E-state index contributed by atoms with van der Waals surface area (Å²) >= 11 is 7.58. The van der Waals surface area contributed by atoms with Crippen molar-refractivity contribution in [2.24, 2.45) is 0 Å². The third kappa shape index (κ3) is 1.45. The lowest BCUT2D eigenvalue weighted by molar-refractivity contribution is 1.20. The van der Waals surface area contributed by atoms with Crippen LogP contribution in [0.3, 0.4) is 0 Å². The molecule has 0 aliphatic rings. The Bertz CT molecular complexity index is 638. The minimum atomic E-state index is 0.451. The van der Waals surface area contributed by atoms with E-state index >= 15 is 0 Å². The van der Waals surface area contributed by atoms with Gasteiger partial charge in [0.05, 0.1) is 17.3 Å². The molecule has 0 radical (unpaired) electrons. The number of nitrogens with zero attached hydrogens (tertiary/aromatic N) is 4. The van der Waals surface area contributed by atoms with Gasteiger partial charge in [-0.1, -0.05) is 11.6 Å². The SMILES string of the molecule is Clc1ncnc2scc(-c3cnccn3)c12. The fourth-order valence-corrected chi connectivity index (χ4v) is 2.66. The highest BCUT2D eigenvalue weighted by Crippen LogP contribution is 2.34. The average Bonchev–Trinajstić information content (AvgIpc) is 2.75. The Morgan fingerprint density at radius 2 is 2.06 bits per heavy atom. The molecule has 3 heterocycles. The topological polar surface area (TPSA) is 51.6 Å². The first-order valence-electron chi connectivity index (χ1n) is 4.50. The molecule has 0 saturated carbocycles. The van der Waals surface area contributed by atoms with Crippen molar-refractivity contribution in [2.45, 2.75) is 0 Å². The minimum absolute atomic E-state index is 0.451. The van der Waals surface area contributed by atoms with E-state index in [2.05, 4.69) is 19.9 Å². The normalized spacial score (nSPS) is 10.8. The Balaban J connectivity index is 2.33. The van der Waals surface area contributed by atoms with Crippen molar-refractivity contribution in [3.05, 3.63) is 35.5 Å². The molecular weight excluding hydrogens is 244 g/mol. The molecule has 3 aromatic rings. The maximum absolute atomic E-state index is 6.06. The van der Waals surface area contributed by atoms with Gasteiger partial charge in [-0.2, -0.15) is 0 Å². The lowest BCUT2D eigenvalue weighted by atomic mass is 10.2. The molecule has 0 fully saturated rings. The smallest absolute Gasteiger partial charge is 0.141 e. The van der Waals surface area contributed by atoms with Gasteiger partial charge >= 0.3 is 0 Å². The Kier molecular flexibility index (Phi) is 2.27. The second-order valence-corrected chi connectivity index (χ2v) is 4.30. The summed E-state index contributed by atoms with van der Waals surface area (Å²) < 4.78 is 0. The van der Waals surface area contributed by atoms with Crippen molar-refractivity contribution in [2.75, 3.05) is 0 Å². The highest BCUT2D eigenvalue weighted by molar-refractivity contribution is 7.17. The summed E-state index contributed by atoms with van der Waals surface area (Å²) in [5.74, 6) is 0. The standard InChI is InChI=1S/C10H5ClN4S/c11-9-8-6(7-3-12-1-2-13-7)4-16-10(8)15-5-14-9/h1-5H. The van der Waals surface area contributed by atoms with Crippen molar-refractivity contribution >= 4 is 33.2 Å². The van der Waals surface area contributed by atoms with Crippen LogP contribution >= 0.6 is 22.9 Å². The predicted octanol–water partition coefficient (Wildman–Crippen LogP) is 2.80. The van der Waals surface area contributed by atoms with Crippen LogP contribution in [0.1, 0.15) is 0 Å². The summed E-state index contributed by atoms with van der Waals surface area (Å²) in [5, 5.41) is 3.26. The molecule has 6 heteroatoms. The molecule has 0 bridgehead atoms. The molecule has 0 aliphatic carbocycles. The molecule has 16 heavy (non-hydrogen) atoms. The highest BCUT2D eigenvalue weighted by atomic mass is 35.5. The molecule has 4 nitrogen and oxygen atoms in total. The van der Waals surface area contributed by atoms with Gasteiger partial charge in [0.1, 0.15) is 16.3 Å². The van der Waals surface area contributed by atoms with Crippen LogP contribution in [0.15, 0.2) is 30.3 Å². The van der Waals surface area contributed by atoms with Gasteiger partial charge in [-0.3, -0.25) is 9.97 Å². The van der Waals surface area contributed by atoms with Crippen LogP contribution in [0.5, 0.6) is 0 Å². The van der Waals surface area contributed by atoms with Gasteiger partial charge in [0.2, 0.25) is 0 Å². The monoisotopic (exact) mass is 248 g/mol. The Morgan fingerprint density at radius 1 is 1.12 bits per heavy atom. The molecule has 0 atom stereocenters. The van der Waals surface area contributed by atoms with E-state index in [-0.39, 0.29) is 0 Å². The molecule has 0 unspecified atom stereocenters. The Hall–Kier alpha value is -1.59. The first-order valence-corrected chi connectivity index (χ1v) is 5.76. The Labute approximate surface area is 100.0 Å². The van der Waals surface area contributed by atoms with Gasteiger partial charge in [0, 0.05) is 23.3 Å². The van der Waals surface area contributed by atoms with E-state index in [1.807, 2.05) is 5.38 Å². The molecule has 3 aromatic heterocycles. The van der Waals surface area contributed by atoms with Crippen molar-refractivity contribution in [3.63, 3.8) is 0 Å². The summed E-state index contributed by atoms with van der Waals surface area (Å²) in [6.07, 6.45) is 6.44. The summed E-state index contributed by atoms with van der Waals surface area (Å²) in [5.41, 5.74) is 1.71. The molecule has 78 valence electrons. The molecular formula is C10H5ClN4S. The van der Waals surface area contributed by atoms with Crippen LogP contribution in [0.2, 0.25) is 5.15 Å². The molecule has 3 rings (SSSR count). The first kappa shape index (κ1) is 9.62. The fourth-order valence-electron chi connectivity index (χ4n) is 1.47. The fraction of sp³-hybridized carbons (Fsp3) is 0. The lowest BCUT2D eigenvalue weighted by Crippen LogP contribution is -1.85. The van der Waals surface area contributed by atoms with Gasteiger partial charge in [-0.05, 0) is 0 Å². The van der Waals surface area contributed by atoms with Crippen molar-refractivity contribution in [1.82, 2.24) is 19.9 Å². The minimum Gasteiger partial charge on any atom is -0.261 e. The van der Waals surface area contributed by atoms with E-state index in [1.165, 1.54) is 17.7 Å². The van der Waals surface area contributed by atoms with Crippen LogP contribution in [-0.4, -0.2) is 19.9 Å². The predicted molar refractivity (Wildman–Crippen MR) is 63.5 cm³/mol. The van der Waals surface area contributed by atoms with Crippen LogP contribution in [0.25, 0.3) is 21.5 Å². The second-order valence-electron chi connectivity index (χ2n) is 3.08. The highest BCUT2D eigenvalue weighted by Gasteiger charge is 2.12. The molecule has 0 saturated heterocycles. The quantitative estimate of drug-likeness (QED) is 0.622. The van der Waals surface area contributed by atoms with Crippen LogP contribution < -0.4 is 0 Å². The molecule has 0 spiro atoms. The van der Waals surface area contributed by atoms with Crippen LogP contribution in [0.4, 0.5) is 0 Å². The molecule has 0 aromatic carbocycles. The number of thiophene rings is 1. The van der Waals surface area contributed by atoms with Gasteiger partial charge in [-0.15, -0.1) is 11.3 Å². The van der Waals surface area contributed by atoms with Gasteiger partial charge < -0.3 is 0 Å². The number of halogens is 1. The van der Waals surface area contributed by atoms with Crippen molar-refractivity contribution in [1.29, 1.82) is 0 Å². The third-order valence-electron chi connectivity index (χ3n) is 2.16. The zero-order valence-corrected chi connectivity index (χ0v) is 9.53. The van der Waals surface area contributed by atoms with Crippen molar-refractivity contribution < 1.29 is 0 Å². The number of aromatic nitrogens is 4. The van der Waals surface area contributed by atoms with Gasteiger partial charge in [0.25, 0.3) is 0 Å². The van der Waals surface area contributed by atoms with E-state index in [0.29, 0.717) is 5.15 Å². The van der Waals surface area contributed by atoms with Gasteiger partial charge in [-0.25, -0.2) is 9.97 Å². The largest absolute Gasteiger partial charge is 0.261 e. The van der Waals surface area contributed by atoms with E-state index in [4.69, 9.17) is 11.6 Å². The van der Waals surface area contributed by atoms with E-state index < -0.39 is 0 Å². The zero-order valence-electron chi connectivity index (χ0n) is 7.96. The third-order valence-corrected chi connectivity index (χ3v) is 3.34. The summed E-state index contributed by atoms with van der Waals surface area (Å²) in [7, 11) is 0. The number of hydrogen-bond acceptors (Lipinski definition) is 5.